The third-order valence-electron chi connectivity index (χ3n) is 2.19. The number of ether oxygens (including phenoxy) is 1. The van der Waals surface area contributed by atoms with Crippen LogP contribution in [0.3, 0.4) is 0 Å². The van der Waals surface area contributed by atoms with Crippen LogP contribution in [0.15, 0.2) is 30.3 Å². The largest absolute Gasteiger partial charge is 0.452 e. The number of hydrogen-bond donors (Lipinski definition) is 1. The zero-order chi connectivity index (χ0) is 13.3. The summed E-state index contributed by atoms with van der Waals surface area (Å²) in [5, 5.41) is -0.226. The fourth-order valence-electron chi connectivity index (χ4n) is 1.31. The Morgan fingerprint density at radius 3 is 2.44 bits per heavy atom. The average Bonchev–Trinajstić information content (AvgIpc) is 2.32. The van der Waals surface area contributed by atoms with E-state index in [-0.39, 0.29) is 22.2 Å². The minimum absolute atomic E-state index is 0.0501. The molecule has 0 atom stereocenters. The molecule has 2 N–H and O–H groups in total. The van der Waals surface area contributed by atoms with E-state index in [9.17, 15) is 13.2 Å². The summed E-state index contributed by atoms with van der Waals surface area (Å²) in [6.07, 6.45) is 0. The molecule has 2 nitrogen and oxygen atoms in total. The highest BCUT2D eigenvalue weighted by Gasteiger charge is 2.13. The molecule has 18 heavy (non-hydrogen) atoms. The summed E-state index contributed by atoms with van der Waals surface area (Å²) in [7, 11) is 0. The fraction of sp³-hybridized carbons (Fsp3) is 0. The van der Waals surface area contributed by atoms with Crippen molar-refractivity contribution in [2.24, 2.45) is 0 Å². The molecular formula is C12H7ClF3NO. The van der Waals surface area contributed by atoms with Gasteiger partial charge < -0.3 is 10.5 Å². The van der Waals surface area contributed by atoms with E-state index < -0.39 is 17.5 Å². The zero-order valence-electron chi connectivity index (χ0n) is 8.88. The molecule has 0 saturated carbocycles. The van der Waals surface area contributed by atoms with E-state index in [1.807, 2.05) is 0 Å². The predicted molar refractivity (Wildman–Crippen MR) is 62.3 cm³/mol. The molecule has 2 aromatic rings. The quantitative estimate of drug-likeness (QED) is 0.835. The van der Waals surface area contributed by atoms with Crippen molar-refractivity contribution in [3.05, 3.63) is 52.8 Å². The second-order valence-electron chi connectivity index (χ2n) is 3.46. The second kappa shape index (κ2) is 4.78. The molecule has 0 radical (unpaired) electrons. The maximum Gasteiger partial charge on any atom is 0.201 e. The number of nitrogens with two attached hydrogens (primary N) is 1. The third kappa shape index (κ3) is 2.36. The van der Waals surface area contributed by atoms with Gasteiger partial charge in [0.1, 0.15) is 5.82 Å². The van der Waals surface area contributed by atoms with Gasteiger partial charge >= 0.3 is 0 Å². The summed E-state index contributed by atoms with van der Waals surface area (Å²) in [4.78, 5) is 0. The fourth-order valence-corrected chi connectivity index (χ4v) is 1.47. The highest BCUT2D eigenvalue weighted by molar-refractivity contribution is 6.31. The Kier molecular flexibility index (Phi) is 3.34. The van der Waals surface area contributed by atoms with E-state index in [1.165, 1.54) is 12.1 Å². The molecule has 94 valence electrons. The van der Waals surface area contributed by atoms with E-state index in [1.54, 1.807) is 0 Å². The number of rotatable bonds is 2. The van der Waals surface area contributed by atoms with Crippen molar-refractivity contribution < 1.29 is 17.9 Å². The molecule has 6 heteroatoms. The molecule has 0 heterocycles. The highest BCUT2D eigenvalue weighted by atomic mass is 35.5. The average molecular weight is 274 g/mol. The van der Waals surface area contributed by atoms with E-state index >= 15 is 0 Å². The van der Waals surface area contributed by atoms with Crippen molar-refractivity contribution in [3.63, 3.8) is 0 Å². The van der Waals surface area contributed by atoms with Crippen molar-refractivity contribution in [1.29, 1.82) is 0 Å². The third-order valence-corrected chi connectivity index (χ3v) is 2.48. The van der Waals surface area contributed by atoms with Gasteiger partial charge in [-0.15, -0.1) is 0 Å². The monoisotopic (exact) mass is 273 g/mol. The van der Waals surface area contributed by atoms with Gasteiger partial charge in [-0.2, -0.15) is 4.39 Å². The molecule has 0 amide bonds. The van der Waals surface area contributed by atoms with Gasteiger partial charge in [0.05, 0.1) is 10.7 Å². The number of benzene rings is 2. The van der Waals surface area contributed by atoms with Crippen LogP contribution in [-0.2, 0) is 0 Å². The highest BCUT2D eigenvalue weighted by Crippen LogP contribution is 2.33. The number of nitrogen functional groups attached to an aromatic ring is 1. The molecule has 2 rings (SSSR count). The van der Waals surface area contributed by atoms with Crippen LogP contribution < -0.4 is 10.5 Å². The standard InChI is InChI=1S/C12H7ClF3NO/c13-6-4-11(9(17)5-8(6)15)18-10-3-1-2-7(14)12(10)16/h1-5H,17H2. The van der Waals surface area contributed by atoms with Crippen LogP contribution in [0.5, 0.6) is 11.5 Å². The first-order valence-electron chi connectivity index (χ1n) is 4.85. The lowest BCUT2D eigenvalue weighted by atomic mass is 10.2. The first-order valence-corrected chi connectivity index (χ1v) is 5.23. The lowest BCUT2D eigenvalue weighted by Crippen LogP contribution is -1.96. The first-order chi connectivity index (χ1) is 8.49. The topological polar surface area (TPSA) is 35.2 Å². The Hall–Kier alpha value is -1.88. The molecule has 0 spiro atoms. The van der Waals surface area contributed by atoms with E-state index in [0.29, 0.717) is 0 Å². The Labute approximate surface area is 106 Å². The molecule has 0 aromatic heterocycles. The van der Waals surface area contributed by atoms with Crippen LogP contribution >= 0.6 is 11.6 Å². The predicted octanol–water partition coefficient (Wildman–Crippen LogP) is 4.13. The van der Waals surface area contributed by atoms with Gasteiger partial charge in [0.25, 0.3) is 0 Å². The van der Waals surface area contributed by atoms with Crippen LogP contribution in [0.25, 0.3) is 0 Å². The van der Waals surface area contributed by atoms with Gasteiger partial charge in [0.15, 0.2) is 17.3 Å². The van der Waals surface area contributed by atoms with Crippen molar-refractivity contribution in [2.75, 3.05) is 5.73 Å². The van der Waals surface area contributed by atoms with E-state index in [4.69, 9.17) is 22.1 Å². The van der Waals surface area contributed by atoms with Crippen molar-refractivity contribution in [3.8, 4) is 11.5 Å². The summed E-state index contributed by atoms with van der Waals surface area (Å²) >= 11 is 5.54. The SMILES string of the molecule is Nc1cc(F)c(Cl)cc1Oc1cccc(F)c1F. The second-order valence-corrected chi connectivity index (χ2v) is 3.87. The van der Waals surface area contributed by atoms with Gasteiger partial charge in [-0.1, -0.05) is 17.7 Å². The number of halogens is 4. The number of hydrogen-bond acceptors (Lipinski definition) is 2. The number of anilines is 1. The van der Waals surface area contributed by atoms with Crippen LogP contribution in [0, 0.1) is 17.5 Å². The minimum Gasteiger partial charge on any atom is -0.452 e. The zero-order valence-corrected chi connectivity index (χ0v) is 9.64. The minimum atomic E-state index is -1.16. The smallest absolute Gasteiger partial charge is 0.201 e. The van der Waals surface area contributed by atoms with Crippen LogP contribution in [0.2, 0.25) is 5.02 Å². The molecule has 0 saturated heterocycles. The Bertz CT molecular complexity index is 604. The van der Waals surface area contributed by atoms with Crippen molar-refractivity contribution in [1.82, 2.24) is 0 Å². The summed E-state index contributed by atoms with van der Waals surface area (Å²) in [6, 6.07) is 5.47. The van der Waals surface area contributed by atoms with Crippen molar-refractivity contribution in [2.45, 2.75) is 0 Å². The van der Waals surface area contributed by atoms with Crippen LogP contribution in [-0.4, -0.2) is 0 Å². The summed E-state index contributed by atoms with van der Waals surface area (Å²) in [5.41, 5.74) is 5.42. The molecule has 2 aromatic carbocycles. The maximum atomic E-state index is 13.4. The van der Waals surface area contributed by atoms with Crippen LogP contribution in [0.1, 0.15) is 0 Å². The molecule has 0 fully saturated rings. The van der Waals surface area contributed by atoms with Crippen LogP contribution in [0.4, 0.5) is 18.9 Å². The van der Waals surface area contributed by atoms with E-state index in [0.717, 1.165) is 18.2 Å². The maximum absolute atomic E-state index is 13.4. The van der Waals surface area contributed by atoms with Crippen molar-refractivity contribution >= 4 is 17.3 Å². The molecule has 0 aliphatic carbocycles. The molecule has 0 aliphatic heterocycles. The molecule has 0 aliphatic rings. The summed E-state index contributed by atoms with van der Waals surface area (Å²) in [5.74, 6) is -3.34. The van der Waals surface area contributed by atoms with Gasteiger partial charge in [0.2, 0.25) is 5.82 Å². The first kappa shape index (κ1) is 12.6. The van der Waals surface area contributed by atoms with Gasteiger partial charge in [-0.3, -0.25) is 0 Å². The molecule has 0 unspecified atom stereocenters. The summed E-state index contributed by atoms with van der Waals surface area (Å²) in [6.45, 7) is 0. The Balaban J connectivity index is 2.40. The lowest BCUT2D eigenvalue weighted by Gasteiger charge is -2.10. The lowest BCUT2D eigenvalue weighted by molar-refractivity contribution is 0.417. The van der Waals surface area contributed by atoms with Gasteiger partial charge in [-0.25, -0.2) is 8.78 Å². The summed E-state index contributed by atoms with van der Waals surface area (Å²) < 4.78 is 44.4. The van der Waals surface area contributed by atoms with Gasteiger partial charge in [0, 0.05) is 12.1 Å². The Morgan fingerprint density at radius 1 is 1.00 bits per heavy atom. The Morgan fingerprint density at radius 2 is 1.72 bits per heavy atom. The normalized spacial score (nSPS) is 10.4. The van der Waals surface area contributed by atoms with E-state index in [2.05, 4.69) is 0 Å². The molecule has 0 bridgehead atoms. The van der Waals surface area contributed by atoms with Gasteiger partial charge in [-0.05, 0) is 12.1 Å². The molecular weight excluding hydrogens is 267 g/mol.